The van der Waals surface area contributed by atoms with E-state index in [0.717, 1.165) is 31.4 Å². The van der Waals surface area contributed by atoms with Gasteiger partial charge in [-0.1, -0.05) is 6.07 Å². The number of aliphatic hydroxyl groups excluding tert-OH is 1. The Morgan fingerprint density at radius 2 is 2.29 bits per heavy atom. The summed E-state index contributed by atoms with van der Waals surface area (Å²) >= 11 is 0. The molecule has 3 heteroatoms. The molecule has 1 saturated carbocycles. The second kappa shape index (κ2) is 3.96. The molecule has 0 bridgehead atoms. The van der Waals surface area contributed by atoms with Crippen LogP contribution in [0.4, 0.5) is 5.82 Å². The Hall–Kier alpha value is -1.09. The minimum atomic E-state index is -0.0962. The number of nitrogens with two attached hydrogens (primary N) is 1. The van der Waals surface area contributed by atoms with Crippen molar-refractivity contribution in [1.82, 2.24) is 4.98 Å². The second-order valence-corrected chi connectivity index (χ2v) is 4.09. The van der Waals surface area contributed by atoms with E-state index in [1.54, 1.807) is 6.07 Å². The lowest BCUT2D eigenvalue weighted by atomic mass is 10.0. The standard InChI is InChI=1S/C11H16N2O/c12-11-3-1-2-9(13-11)6-8-4-5-10(14)7-8/h1-3,8,10,14H,4-7H2,(H2,12,13). The van der Waals surface area contributed by atoms with Crippen LogP contribution in [0.25, 0.3) is 0 Å². The molecule has 0 amide bonds. The Morgan fingerprint density at radius 1 is 1.43 bits per heavy atom. The molecule has 0 spiro atoms. The molecule has 1 aliphatic rings. The molecule has 2 unspecified atom stereocenters. The minimum absolute atomic E-state index is 0.0962. The highest BCUT2D eigenvalue weighted by Gasteiger charge is 2.23. The lowest BCUT2D eigenvalue weighted by molar-refractivity contribution is 0.177. The van der Waals surface area contributed by atoms with Gasteiger partial charge < -0.3 is 10.8 Å². The van der Waals surface area contributed by atoms with Gasteiger partial charge in [-0.25, -0.2) is 4.98 Å². The summed E-state index contributed by atoms with van der Waals surface area (Å²) in [6, 6.07) is 5.73. The zero-order valence-electron chi connectivity index (χ0n) is 8.19. The zero-order valence-corrected chi connectivity index (χ0v) is 8.19. The van der Waals surface area contributed by atoms with Crippen molar-refractivity contribution in [3.8, 4) is 0 Å². The second-order valence-electron chi connectivity index (χ2n) is 4.09. The zero-order chi connectivity index (χ0) is 9.97. The Kier molecular flexibility index (Phi) is 2.68. The molecule has 0 aliphatic heterocycles. The first-order chi connectivity index (χ1) is 6.74. The molecule has 1 aliphatic carbocycles. The number of nitrogen functional groups attached to an aromatic ring is 1. The fourth-order valence-electron chi connectivity index (χ4n) is 2.14. The van der Waals surface area contributed by atoms with Crippen molar-refractivity contribution in [3.05, 3.63) is 23.9 Å². The molecule has 0 radical (unpaired) electrons. The molecule has 0 saturated heterocycles. The van der Waals surface area contributed by atoms with Gasteiger partial charge >= 0.3 is 0 Å². The minimum Gasteiger partial charge on any atom is -0.393 e. The monoisotopic (exact) mass is 192 g/mol. The van der Waals surface area contributed by atoms with E-state index in [4.69, 9.17) is 5.73 Å². The van der Waals surface area contributed by atoms with E-state index >= 15 is 0 Å². The molecular weight excluding hydrogens is 176 g/mol. The maximum atomic E-state index is 9.39. The van der Waals surface area contributed by atoms with Crippen LogP contribution >= 0.6 is 0 Å². The average molecular weight is 192 g/mol. The Labute approximate surface area is 84.0 Å². The molecular formula is C11H16N2O. The lowest BCUT2D eigenvalue weighted by Crippen LogP contribution is -2.05. The average Bonchev–Trinajstić information content (AvgIpc) is 2.51. The third-order valence-electron chi connectivity index (χ3n) is 2.84. The molecule has 3 N–H and O–H groups in total. The number of hydrogen-bond acceptors (Lipinski definition) is 3. The largest absolute Gasteiger partial charge is 0.393 e. The summed E-state index contributed by atoms with van der Waals surface area (Å²) in [5, 5.41) is 9.39. The Bertz CT molecular complexity index is 314. The fraction of sp³-hybridized carbons (Fsp3) is 0.545. The Balaban J connectivity index is 1.97. The molecule has 2 atom stereocenters. The quantitative estimate of drug-likeness (QED) is 0.744. The summed E-state index contributed by atoms with van der Waals surface area (Å²) in [5.74, 6) is 1.17. The third kappa shape index (κ3) is 2.23. The van der Waals surface area contributed by atoms with Crippen LogP contribution in [0.3, 0.4) is 0 Å². The fourth-order valence-corrected chi connectivity index (χ4v) is 2.14. The normalized spacial score (nSPS) is 26.6. The van der Waals surface area contributed by atoms with Gasteiger partial charge in [0.15, 0.2) is 0 Å². The van der Waals surface area contributed by atoms with Crippen LogP contribution in [0.1, 0.15) is 25.0 Å². The lowest BCUT2D eigenvalue weighted by Gasteiger charge is -2.08. The molecule has 76 valence electrons. The first-order valence-electron chi connectivity index (χ1n) is 5.13. The van der Waals surface area contributed by atoms with Crippen LogP contribution in [0.5, 0.6) is 0 Å². The summed E-state index contributed by atoms with van der Waals surface area (Å²) in [6.07, 6.45) is 3.81. The van der Waals surface area contributed by atoms with Crippen molar-refractivity contribution >= 4 is 5.82 Å². The van der Waals surface area contributed by atoms with E-state index in [1.807, 2.05) is 12.1 Å². The maximum Gasteiger partial charge on any atom is 0.123 e. The van der Waals surface area contributed by atoms with E-state index in [-0.39, 0.29) is 6.10 Å². The number of nitrogens with zero attached hydrogens (tertiary/aromatic N) is 1. The van der Waals surface area contributed by atoms with E-state index < -0.39 is 0 Å². The van der Waals surface area contributed by atoms with Gasteiger partial charge in [-0.05, 0) is 43.7 Å². The molecule has 1 aromatic rings. The van der Waals surface area contributed by atoms with Crippen LogP contribution in [0.15, 0.2) is 18.2 Å². The SMILES string of the molecule is Nc1cccc(CC2CCC(O)C2)n1. The predicted octanol–water partition coefficient (Wildman–Crippen LogP) is 1.37. The maximum absolute atomic E-state index is 9.39. The topological polar surface area (TPSA) is 59.1 Å². The van der Waals surface area contributed by atoms with Crippen LogP contribution in [0.2, 0.25) is 0 Å². The number of pyridine rings is 1. The number of aliphatic hydroxyl groups is 1. The summed E-state index contributed by atoms with van der Waals surface area (Å²) in [4.78, 5) is 4.26. The summed E-state index contributed by atoms with van der Waals surface area (Å²) in [7, 11) is 0. The van der Waals surface area contributed by atoms with Crippen LogP contribution in [-0.4, -0.2) is 16.2 Å². The van der Waals surface area contributed by atoms with E-state index in [2.05, 4.69) is 4.98 Å². The van der Waals surface area contributed by atoms with Crippen LogP contribution in [-0.2, 0) is 6.42 Å². The van der Waals surface area contributed by atoms with E-state index in [0.29, 0.717) is 11.7 Å². The van der Waals surface area contributed by atoms with Gasteiger partial charge in [0.05, 0.1) is 6.10 Å². The van der Waals surface area contributed by atoms with Gasteiger partial charge in [0.1, 0.15) is 5.82 Å². The first-order valence-corrected chi connectivity index (χ1v) is 5.13. The molecule has 0 aromatic carbocycles. The number of hydrogen-bond donors (Lipinski definition) is 2. The van der Waals surface area contributed by atoms with Crippen molar-refractivity contribution in [2.75, 3.05) is 5.73 Å². The van der Waals surface area contributed by atoms with Crippen molar-refractivity contribution in [2.24, 2.45) is 5.92 Å². The van der Waals surface area contributed by atoms with Gasteiger partial charge in [-0.15, -0.1) is 0 Å². The molecule has 2 rings (SSSR count). The highest BCUT2D eigenvalue weighted by Crippen LogP contribution is 2.28. The highest BCUT2D eigenvalue weighted by atomic mass is 16.3. The van der Waals surface area contributed by atoms with Gasteiger partial charge in [0.2, 0.25) is 0 Å². The first kappa shape index (κ1) is 9.46. The van der Waals surface area contributed by atoms with Crippen LogP contribution < -0.4 is 5.73 Å². The van der Waals surface area contributed by atoms with Crippen molar-refractivity contribution in [3.63, 3.8) is 0 Å². The molecule has 3 nitrogen and oxygen atoms in total. The molecule has 14 heavy (non-hydrogen) atoms. The number of anilines is 1. The summed E-state index contributed by atoms with van der Waals surface area (Å²) in [5.41, 5.74) is 6.65. The van der Waals surface area contributed by atoms with Crippen molar-refractivity contribution in [1.29, 1.82) is 0 Å². The summed E-state index contributed by atoms with van der Waals surface area (Å²) < 4.78 is 0. The van der Waals surface area contributed by atoms with Gasteiger partial charge in [0.25, 0.3) is 0 Å². The van der Waals surface area contributed by atoms with E-state index in [1.165, 1.54) is 0 Å². The van der Waals surface area contributed by atoms with Gasteiger partial charge in [0, 0.05) is 5.69 Å². The summed E-state index contributed by atoms with van der Waals surface area (Å²) in [6.45, 7) is 0. The highest BCUT2D eigenvalue weighted by molar-refractivity contribution is 5.28. The number of rotatable bonds is 2. The van der Waals surface area contributed by atoms with Gasteiger partial charge in [-0.2, -0.15) is 0 Å². The molecule has 1 aromatic heterocycles. The predicted molar refractivity (Wildman–Crippen MR) is 55.7 cm³/mol. The Morgan fingerprint density at radius 3 is 2.93 bits per heavy atom. The van der Waals surface area contributed by atoms with Gasteiger partial charge in [-0.3, -0.25) is 0 Å². The van der Waals surface area contributed by atoms with E-state index in [9.17, 15) is 5.11 Å². The van der Waals surface area contributed by atoms with Crippen LogP contribution in [0, 0.1) is 5.92 Å². The smallest absolute Gasteiger partial charge is 0.123 e. The molecule has 1 heterocycles. The third-order valence-corrected chi connectivity index (χ3v) is 2.84. The van der Waals surface area contributed by atoms with Crippen molar-refractivity contribution < 1.29 is 5.11 Å². The van der Waals surface area contributed by atoms with Crippen molar-refractivity contribution in [2.45, 2.75) is 31.8 Å². The number of aromatic nitrogens is 1. The molecule has 1 fully saturated rings.